The average Bonchev–Trinajstić information content (AvgIpc) is 2.77. The Hall–Kier alpha value is -1.88. The Bertz CT molecular complexity index is 495. The van der Waals surface area contributed by atoms with Gasteiger partial charge in [-0.15, -0.1) is 0 Å². The van der Waals surface area contributed by atoms with Crippen LogP contribution in [0.3, 0.4) is 0 Å². The molecule has 0 aliphatic heterocycles. The number of ether oxygens (including phenoxy) is 1. The number of nitrogens with zero attached hydrogens (tertiary/aromatic N) is 3. The summed E-state index contributed by atoms with van der Waals surface area (Å²) in [6, 6.07) is 3.93. The lowest BCUT2D eigenvalue weighted by Gasteiger charge is -2.08. The molecule has 0 amide bonds. The molecule has 0 bridgehead atoms. The molecule has 0 aliphatic rings. The van der Waals surface area contributed by atoms with E-state index in [1.54, 1.807) is 17.1 Å². The lowest BCUT2D eigenvalue weighted by Crippen LogP contribution is -2.14. The third-order valence-electron chi connectivity index (χ3n) is 2.49. The van der Waals surface area contributed by atoms with E-state index in [4.69, 9.17) is 4.74 Å². The second-order valence-electron chi connectivity index (χ2n) is 4.10. The fourth-order valence-electron chi connectivity index (χ4n) is 1.61. The van der Waals surface area contributed by atoms with E-state index in [1.807, 2.05) is 25.4 Å². The van der Waals surface area contributed by atoms with Gasteiger partial charge in [0.1, 0.15) is 0 Å². The first kappa shape index (κ1) is 12.6. The molecule has 2 heterocycles. The average molecular weight is 246 g/mol. The second-order valence-corrected chi connectivity index (χ2v) is 4.10. The number of nitrogens with one attached hydrogen (secondary N) is 1. The second kappa shape index (κ2) is 6.16. The maximum absolute atomic E-state index is 5.73. The molecule has 1 N–H and O–H groups in total. The van der Waals surface area contributed by atoms with Crippen molar-refractivity contribution in [1.29, 1.82) is 0 Å². The molecule has 5 heteroatoms. The highest BCUT2D eigenvalue weighted by molar-refractivity contribution is 5.29. The van der Waals surface area contributed by atoms with Gasteiger partial charge in [0, 0.05) is 25.4 Å². The van der Waals surface area contributed by atoms with Crippen LogP contribution in [0.1, 0.15) is 18.9 Å². The minimum atomic E-state index is 0.633. The number of hydrogen-bond acceptors (Lipinski definition) is 4. The van der Waals surface area contributed by atoms with E-state index in [1.165, 1.54) is 0 Å². The molecule has 0 fully saturated rings. The van der Waals surface area contributed by atoms with E-state index in [-0.39, 0.29) is 0 Å². The standard InChI is InChI=1S/C13H18N4O/c1-3-6-14-8-11-5-4-7-15-13(11)18-12-9-16-17(2)10-12/h4-5,7,9-10,14H,3,6,8H2,1-2H3. The summed E-state index contributed by atoms with van der Waals surface area (Å²) in [4.78, 5) is 4.26. The van der Waals surface area contributed by atoms with Gasteiger partial charge in [0.15, 0.2) is 5.75 Å². The summed E-state index contributed by atoms with van der Waals surface area (Å²) in [7, 11) is 1.86. The number of aromatic nitrogens is 3. The van der Waals surface area contributed by atoms with Crippen LogP contribution in [0.4, 0.5) is 0 Å². The molecular formula is C13H18N4O. The number of hydrogen-bond donors (Lipinski definition) is 1. The zero-order valence-electron chi connectivity index (χ0n) is 10.8. The third kappa shape index (κ3) is 3.30. The summed E-state index contributed by atoms with van der Waals surface area (Å²) in [5, 5.41) is 7.41. The lowest BCUT2D eigenvalue weighted by atomic mass is 10.2. The minimum Gasteiger partial charge on any atom is -0.435 e. The molecular weight excluding hydrogens is 228 g/mol. The van der Waals surface area contributed by atoms with Gasteiger partial charge < -0.3 is 10.1 Å². The Balaban J connectivity index is 2.07. The van der Waals surface area contributed by atoms with Crippen LogP contribution in [0.25, 0.3) is 0 Å². The van der Waals surface area contributed by atoms with Crippen LogP contribution < -0.4 is 10.1 Å². The number of aryl methyl sites for hydroxylation is 1. The van der Waals surface area contributed by atoms with Crippen molar-refractivity contribution in [3.05, 3.63) is 36.3 Å². The van der Waals surface area contributed by atoms with Crippen molar-refractivity contribution in [2.45, 2.75) is 19.9 Å². The van der Waals surface area contributed by atoms with Gasteiger partial charge in [-0.3, -0.25) is 4.68 Å². The highest BCUT2D eigenvalue weighted by Gasteiger charge is 2.06. The van der Waals surface area contributed by atoms with Gasteiger partial charge in [-0.25, -0.2) is 4.98 Å². The van der Waals surface area contributed by atoms with Crippen LogP contribution in [0.2, 0.25) is 0 Å². The molecule has 0 aliphatic carbocycles. The first-order chi connectivity index (χ1) is 8.79. The zero-order valence-corrected chi connectivity index (χ0v) is 10.8. The van der Waals surface area contributed by atoms with Crippen molar-refractivity contribution in [1.82, 2.24) is 20.1 Å². The van der Waals surface area contributed by atoms with Crippen molar-refractivity contribution in [3.8, 4) is 11.6 Å². The smallest absolute Gasteiger partial charge is 0.223 e. The number of rotatable bonds is 6. The first-order valence-electron chi connectivity index (χ1n) is 6.10. The van der Waals surface area contributed by atoms with Crippen LogP contribution in [0.15, 0.2) is 30.7 Å². The fourth-order valence-corrected chi connectivity index (χ4v) is 1.61. The molecule has 0 saturated heterocycles. The SMILES string of the molecule is CCCNCc1cccnc1Oc1cnn(C)c1. The Morgan fingerprint density at radius 1 is 1.44 bits per heavy atom. The Morgan fingerprint density at radius 3 is 3.06 bits per heavy atom. The zero-order chi connectivity index (χ0) is 12.8. The molecule has 2 rings (SSSR count). The summed E-state index contributed by atoms with van der Waals surface area (Å²) >= 11 is 0. The van der Waals surface area contributed by atoms with E-state index < -0.39 is 0 Å². The largest absolute Gasteiger partial charge is 0.435 e. The van der Waals surface area contributed by atoms with Crippen molar-refractivity contribution in [2.24, 2.45) is 7.05 Å². The molecule has 0 spiro atoms. The van der Waals surface area contributed by atoms with Gasteiger partial charge in [-0.2, -0.15) is 5.10 Å². The Kier molecular flexibility index (Phi) is 4.30. The lowest BCUT2D eigenvalue weighted by molar-refractivity contribution is 0.452. The van der Waals surface area contributed by atoms with Crippen molar-refractivity contribution < 1.29 is 4.74 Å². The van der Waals surface area contributed by atoms with E-state index in [0.29, 0.717) is 11.6 Å². The van der Waals surface area contributed by atoms with E-state index in [9.17, 15) is 0 Å². The first-order valence-corrected chi connectivity index (χ1v) is 6.10. The van der Waals surface area contributed by atoms with Crippen molar-refractivity contribution >= 4 is 0 Å². The number of pyridine rings is 1. The highest BCUT2D eigenvalue weighted by atomic mass is 16.5. The fraction of sp³-hybridized carbons (Fsp3) is 0.385. The molecule has 18 heavy (non-hydrogen) atoms. The summed E-state index contributed by atoms with van der Waals surface area (Å²) in [6.45, 7) is 3.89. The Morgan fingerprint density at radius 2 is 2.33 bits per heavy atom. The highest BCUT2D eigenvalue weighted by Crippen LogP contribution is 2.21. The van der Waals surface area contributed by atoms with Gasteiger partial charge >= 0.3 is 0 Å². The third-order valence-corrected chi connectivity index (χ3v) is 2.49. The van der Waals surface area contributed by atoms with E-state index in [0.717, 1.165) is 25.1 Å². The normalized spacial score (nSPS) is 10.6. The van der Waals surface area contributed by atoms with Gasteiger partial charge in [0.2, 0.25) is 5.88 Å². The quantitative estimate of drug-likeness (QED) is 0.793. The van der Waals surface area contributed by atoms with Crippen molar-refractivity contribution in [3.63, 3.8) is 0 Å². The topological polar surface area (TPSA) is 52.0 Å². The molecule has 2 aromatic heterocycles. The summed E-state index contributed by atoms with van der Waals surface area (Å²) in [5.74, 6) is 1.34. The van der Waals surface area contributed by atoms with E-state index in [2.05, 4.69) is 22.3 Å². The molecule has 96 valence electrons. The minimum absolute atomic E-state index is 0.633. The monoisotopic (exact) mass is 246 g/mol. The van der Waals surface area contributed by atoms with E-state index >= 15 is 0 Å². The predicted molar refractivity (Wildman–Crippen MR) is 69.5 cm³/mol. The molecule has 0 unspecified atom stereocenters. The summed E-state index contributed by atoms with van der Waals surface area (Å²) < 4.78 is 7.43. The molecule has 0 aromatic carbocycles. The van der Waals surface area contributed by atoms with Crippen molar-refractivity contribution in [2.75, 3.05) is 6.54 Å². The van der Waals surface area contributed by atoms with Gasteiger partial charge in [-0.1, -0.05) is 13.0 Å². The van der Waals surface area contributed by atoms with Crippen LogP contribution >= 0.6 is 0 Å². The van der Waals surface area contributed by atoms with Crippen LogP contribution in [-0.2, 0) is 13.6 Å². The maximum atomic E-state index is 5.73. The molecule has 0 saturated carbocycles. The molecule has 5 nitrogen and oxygen atoms in total. The predicted octanol–water partition coefficient (Wildman–Crippen LogP) is 2.11. The van der Waals surface area contributed by atoms with Gasteiger partial charge in [0.05, 0.1) is 12.4 Å². The molecule has 0 radical (unpaired) electrons. The molecule has 0 atom stereocenters. The summed E-state index contributed by atoms with van der Waals surface area (Å²) in [5.41, 5.74) is 1.05. The van der Waals surface area contributed by atoms with Crippen LogP contribution in [0, 0.1) is 0 Å². The van der Waals surface area contributed by atoms with Gasteiger partial charge in [0.25, 0.3) is 0 Å². The van der Waals surface area contributed by atoms with Crippen LogP contribution in [-0.4, -0.2) is 21.3 Å². The van der Waals surface area contributed by atoms with Gasteiger partial charge in [-0.05, 0) is 19.0 Å². The van der Waals surface area contributed by atoms with Crippen LogP contribution in [0.5, 0.6) is 11.6 Å². The maximum Gasteiger partial charge on any atom is 0.223 e. The summed E-state index contributed by atoms with van der Waals surface area (Å²) in [6.07, 6.45) is 6.34. The molecule has 2 aromatic rings. The Labute approximate surface area is 107 Å².